The fourth-order valence-electron chi connectivity index (χ4n) is 0.205. The number of hydrogen-bond donors (Lipinski definition) is 0. The predicted octanol–water partition coefficient (Wildman–Crippen LogP) is -1.26. The summed E-state index contributed by atoms with van der Waals surface area (Å²) in [5.74, 6) is -4.59. The molecule has 0 aliphatic carbocycles. The van der Waals surface area contributed by atoms with Gasteiger partial charge in [0.2, 0.25) is 0 Å². The predicted molar refractivity (Wildman–Crippen MR) is 26.2 cm³/mol. The summed E-state index contributed by atoms with van der Waals surface area (Å²) in [6.07, 6.45) is 0. The van der Waals surface area contributed by atoms with Crippen molar-refractivity contribution in [2.24, 2.45) is 0 Å². The van der Waals surface area contributed by atoms with Crippen LogP contribution in [0.25, 0.3) is 0 Å². The Balaban J connectivity index is 4.47. The standard InChI is InChI=1S/C5N2O3/c6-1-3(8)5(10)4(9)2-7. The third-order valence-corrected chi connectivity index (χ3v) is 0.616. The average molecular weight is 136 g/mol. The molecular weight excluding hydrogens is 136 g/mol. The van der Waals surface area contributed by atoms with Crippen LogP contribution < -0.4 is 0 Å². The summed E-state index contributed by atoms with van der Waals surface area (Å²) in [7, 11) is 0. The van der Waals surface area contributed by atoms with Crippen molar-refractivity contribution in [2.45, 2.75) is 0 Å². The van der Waals surface area contributed by atoms with Gasteiger partial charge in [-0.25, -0.2) is 0 Å². The summed E-state index contributed by atoms with van der Waals surface area (Å²) in [6, 6.07) is 1.84. The summed E-state index contributed by atoms with van der Waals surface area (Å²) in [6.45, 7) is 0. The minimum atomic E-state index is -1.58. The molecule has 5 heteroatoms. The summed E-state index contributed by atoms with van der Waals surface area (Å²) in [5.41, 5.74) is 0. The average Bonchev–Trinajstić information content (AvgIpc) is 2.00. The molecule has 0 saturated heterocycles. The van der Waals surface area contributed by atoms with Gasteiger partial charge in [-0.3, -0.25) is 14.4 Å². The highest BCUT2D eigenvalue weighted by Gasteiger charge is 2.21. The van der Waals surface area contributed by atoms with Crippen LogP contribution in [0.4, 0.5) is 0 Å². The first-order valence-corrected chi connectivity index (χ1v) is 2.06. The van der Waals surface area contributed by atoms with Crippen molar-refractivity contribution in [3.63, 3.8) is 0 Å². The van der Waals surface area contributed by atoms with Gasteiger partial charge in [0.15, 0.2) is 0 Å². The van der Waals surface area contributed by atoms with Crippen LogP contribution in [0, 0.1) is 22.7 Å². The smallest absolute Gasteiger partial charge is 0.279 e. The normalized spacial score (nSPS) is 7.00. The number of nitriles is 2. The lowest BCUT2D eigenvalue weighted by Gasteiger charge is -1.77. The monoisotopic (exact) mass is 136 g/mol. The molecule has 0 spiro atoms. The van der Waals surface area contributed by atoms with Gasteiger partial charge in [0.05, 0.1) is 0 Å². The molecule has 0 unspecified atom stereocenters. The minimum Gasteiger partial charge on any atom is -0.279 e. The van der Waals surface area contributed by atoms with Gasteiger partial charge in [-0.2, -0.15) is 10.5 Å². The second-order valence-electron chi connectivity index (χ2n) is 1.21. The quantitative estimate of drug-likeness (QED) is 0.268. The second kappa shape index (κ2) is 3.10. The zero-order valence-electron chi connectivity index (χ0n) is 4.62. The molecule has 0 bridgehead atoms. The first kappa shape index (κ1) is 7.99. The lowest BCUT2D eigenvalue weighted by molar-refractivity contribution is -0.140. The summed E-state index contributed by atoms with van der Waals surface area (Å²) < 4.78 is 0. The molecule has 48 valence electrons. The van der Waals surface area contributed by atoms with Crippen LogP contribution in [0.5, 0.6) is 0 Å². The number of ketones is 3. The zero-order valence-corrected chi connectivity index (χ0v) is 4.62. The molecule has 5 nitrogen and oxygen atoms in total. The van der Waals surface area contributed by atoms with Gasteiger partial charge in [0, 0.05) is 0 Å². The zero-order chi connectivity index (χ0) is 8.15. The van der Waals surface area contributed by atoms with Crippen LogP contribution in [-0.2, 0) is 14.4 Å². The van der Waals surface area contributed by atoms with Crippen molar-refractivity contribution < 1.29 is 14.4 Å². The van der Waals surface area contributed by atoms with E-state index < -0.39 is 17.3 Å². The second-order valence-corrected chi connectivity index (χ2v) is 1.21. The molecule has 0 saturated carbocycles. The Morgan fingerprint density at radius 3 is 1.40 bits per heavy atom. The number of carbonyl (C=O) groups is 3. The number of rotatable bonds is 2. The molecule has 0 fully saturated rings. The van der Waals surface area contributed by atoms with Crippen molar-refractivity contribution >= 4 is 17.3 Å². The van der Waals surface area contributed by atoms with Crippen LogP contribution >= 0.6 is 0 Å². The van der Waals surface area contributed by atoms with Crippen molar-refractivity contribution in [3.8, 4) is 12.1 Å². The van der Waals surface area contributed by atoms with E-state index in [1.807, 2.05) is 0 Å². The fourth-order valence-corrected chi connectivity index (χ4v) is 0.205. The molecule has 0 aliphatic rings. The van der Waals surface area contributed by atoms with Gasteiger partial charge >= 0.3 is 11.6 Å². The van der Waals surface area contributed by atoms with E-state index in [1.165, 1.54) is 0 Å². The first-order chi connectivity index (χ1) is 4.63. The molecule has 0 aromatic carbocycles. The van der Waals surface area contributed by atoms with Crippen LogP contribution in [0.15, 0.2) is 0 Å². The van der Waals surface area contributed by atoms with E-state index in [4.69, 9.17) is 10.5 Å². The topological polar surface area (TPSA) is 98.8 Å². The van der Waals surface area contributed by atoms with Crippen LogP contribution in [0.1, 0.15) is 0 Å². The molecule has 0 aromatic rings. The van der Waals surface area contributed by atoms with E-state index in [-0.39, 0.29) is 0 Å². The van der Waals surface area contributed by atoms with Crippen molar-refractivity contribution in [2.75, 3.05) is 0 Å². The first-order valence-electron chi connectivity index (χ1n) is 2.06. The van der Waals surface area contributed by atoms with E-state index in [0.29, 0.717) is 0 Å². The van der Waals surface area contributed by atoms with Crippen LogP contribution in [0.3, 0.4) is 0 Å². The van der Waals surface area contributed by atoms with Crippen molar-refractivity contribution in [3.05, 3.63) is 0 Å². The summed E-state index contributed by atoms with van der Waals surface area (Å²) in [4.78, 5) is 30.2. The highest BCUT2D eigenvalue weighted by Crippen LogP contribution is 1.76. The summed E-state index contributed by atoms with van der Waals surface area (Å²) in [5, 5.41) is 15.5. The Kier molecular flexibility index (Phi) is 2.48. The third kappa shape index (κ3) is 1.49. The lowest BCUT2D eigenvalue weighted by Crippen LogP contribution is -2.20. The van der Waals surface area contributed by atoms with E-state index >= 15 is 0 Å². The van der Waals surface area contributed by atoms with Gasteiger partial charge < -0.3 is 0 Å². The molecule has 0 aromatic heterocycles. The maximum absolute atomic E-state index is 10.2. The lowest BCUT2D eigenvalue weighted by atomic mass is 10.2. The van der Waals surface area contributed by atoms with E-state index in [9.17, 15) is 14.4 Å². The third-order valence-electron chi connectivity index (χ3n) is 0.616. The molecular formula is C5N2O3. The SMILES string of the molecule is N#CC(=O)C(=O)C(=O)C#N. The molecule has 0 radical (unpaired) electrons. The van der Waals surface area contributed by atoms with Crippen LogP contribution in [-0.4, -0.2) is 17.3 Å². The fraction of sp³-hybridized carbons (Fsp3) is 0. The number of hydrogen-bond acceptors (Lipinski definition) is 5. The Morgan fingerprint density at radius 1 is 0.900 bits per heavy atom. The van der Waals surface area contributed by atoms with Gasteiger partial charge in [0.25, 0.3) is 5.78 Å². The maximum Gasteiger partial charge on any atom is 0.306 e. The van der Waals surface area contributed by atoms with Gasteiger partial charge in [-0.15, -0.1) is 0 Å². The summed E-state index contributed by atoms with van der Waals surface area (Å²) >= 11 is 0. The van der Waals surface area contributed by atoms with Gasteiger partial charge in [0.1, 0.15) is 12.1 Å². The molecule has 10 heavy (non-hydrogen) atoms. The van der Waals surface area contributed by atoms with E-state index in [0.717, 1.165) is 12.1 Å². The Hall–Kier alpha value is -2.01. The van der Waals surface area contributed by atoms with Gasteiger partial charge in [-0.05, 0) is 0 Å². The van der Waals surface area contributed by atoms with Crippen LogP contribution in [0.2, 0.25) is 0 Å². The highest BCUT2D eigenvalue weighted by molar-refractivity contribution is 6.69. The van der Waals surface area contributed by atoms with E-state index in [1.54, 1.807) is 0 Å². The Labute approximate surface area is 55.5 Å². The number of nitrogens with zero attached hydrogens (tertiary/aromatic N) is 2. The van der Waals surface area contributed by atoms with Crippen molar-refractivity contribution in [1.82, 2.24) is 0 Å². The van der Waals surface area contributed by atoms with Crippen molar-refractivity contribution in [1.29, 1.82) is 10.5 Å². The molecule has 0 amide bonds. The van der Waals surface area contributed by atoms with E-state index in [2.05, 4.69) is 0 Å². The Morgan fingerprint density at radius 2 is 1.20 bits per heavy atom. The number of carbonyl (C=O) groups excluding carboxylic acids is 3. The molecule has 0 rings (SSSR count). The molecule has 0 atom stereocenters. The molecule has 0 N–H and O–H groups in total. The minimum absolute atomic E-state index is 0.920. The Bertz CT molecular complexity index is 250. The molecule has 0 heterocycles. The molecule has 0 aliphatic heterocycles. The maximum atomic E-state index is 10.2. The van der Waals surface area contributed by atoms with Gasteiger partial charge in [-0.1, -0.05) is 0 Å². The number of Topliss-reactive ketones (excluding diaryl/α,β-unsaturated/α-hetero) is 3. The highest BCUT2D eigenvalue weighted by atomic mass is 16.2. The largest absolute Gasteiger partial charge is 0.306 e.